The molecule has 5 nitrogen and oxygen atoms in total. The van der Waals surface area contributed by atoms with Crippen LogP contribution in [0.3, 0.4) is 0 Å². The number of carbonyl (C=O) groups is 1. The van der Waals surface area contributed by atoms with Gasteiger partial charge in [-0.05, 0) is 37.3 Å². The molecule has 118 valence electrons. The van der Waals surface area contributed by atoms with E-state index in [-0.39, 0.29) is 18.0 Å². The van der Waals surface area contributed by atoms with E-state index in [1.54, 1.807) is 14.2 Å². The van der Waals surface area contributed by atoms with Crippen LogP contribution in [0, 0.1) is 0 Å². The van der Waals surface area contributed by atoms with Gasteiger partial charge in [-0.2, -0.15) is 0 Å². The van der Waals surface area contributed by atoms with Crippen molar-refractivity contribution >= 4 is 5.91 Å². The molecule has 3 aliphatic rings. The highest BCUT2D eigenvalue weighted by Crippen LogP contribution is 2.45. The molecule has 3 heterocycles. The zero-order chi connectivity index (χ0) is 15.3. The van der Waals surface area contributed by atoms with Crippen molar-refractivity contribution in [3.05, 3.63) is 23.3 Å². The Labute approximate surface area is 130 Å². The number of methoxy groups -OCH3 is 2. The summed E-state index contributed by atoms with van der Waals surface area (Å²) < 4.78 is 11.0. The second-order valence-electron chi connectivity index (χ2n) is 6.39. The van der Waals surface area contributed by atoms with Gasteiger partial charge in [-0.15, -0.1) is 0 Å². The number of piperazine rings is 1. The highest BCUT2D eigenvalue weighted by atomic mass is 16.5. The van der Waals surface area contributed by atoms with Gasteiger partial charge in [0.05, 0.1) is 26.3 Å². The van der Waals surface area contributed by atoms with E-state index in [2.05, 4.69) is 16.3 Å². The van der Waals surface area contributed by atoms with E-state index < -0.39 is 0 Å². The van der Waals surface area contributed by atoms with Gasteiger partial charge >= 0.3 is 0 Å². The summed E-state index contributed by atoms with van der Waals surface area (Å²) in [6.07, 6.45) is 4.06. The third kappa shape index (κ3) is 1.92. The number of fused-ring (bicyclic) bond motifs is 6. The first-order valence-electron chi connectivity index (χ1n) is 8.04. The van der Waals surface area contributed by atoms with Gasteiger partial charge < -0.3 is 19.7 Å². The van der Waals surface area contributed by atoms with Gasteiger partial charge in [0.25, 0.3) is 0 Å². The Bertz CT molecular complexity index is 599. The number of hydrogen-bond donors (Lipinski definition) is 1. The standard InChI is InChI=1S/C17H22N2O3/c1-21-11-8-10-6-7-19-16(15(10)14(9-11)22-2)12-4-3-5-13(18-12)17(19)20/h8-9,12-13,16,18H,3-7H2,1-2H3. The molecule has 1 aromatic carbocycles. The topological polar surface area (TPSA) is 50.8 Å². The van der Waals surface area contributed by atoms with Gasteiger partial charge in [0.2, 0.25) is 5.91 Å². The molecule has 0 spiro atoms. The fraction of sp³-hybridized carbons (Fsp3) is 0.588. The minimum Gasteiger partial charge on any atom is -0.497 e. The lowest BCUT2D eigenvalue weighted by Crippen LogP contribution is -2.64. The Morgan fingerprint density at radius 3 is 2.86 bits per heavy atom. The minimum absolute atomic E-state index is 0.0146. The highest BCUT2D eigenvalue weighted by Gasteiger charge is 2.47. The van der Waals surface area contributed by atoms with Crippen molar-refractivity contribution in [2.45, 2.75) is 43.8 Å². The van der Waals surface area contributed by atoms with Crippen LogP contribution in [0.25, 0.3) is 0 Å². The third-order valence-electron chi connectivity index (χ3n) is 5.30. The molecule has 0 radical (unpaired) electrons. The summed E-state index contributed by atoms with van der Waals surface area (Å²) in [6, 6.07) is 4.46. The lowest BCUT2D eigenvalue weighted by atomic mass is 9.79. The summed E-state index contributed by atoms with van der Waals surface area (Å²) in [6.45, 7) is 0.793. The van der Waals surface area contributed by atoms with Crippen molar-refractivity contribution in [2.75, 3.05) is 20.8 Å². The molecule has 3 aliphatic heterocycles. The normalized spacial score (nSPS) is 29.6. The maximum absolute atomic E-state index is 12.7. The van der Waals surface area contributed by atoms with Crippen LogP contribution in [0.1, 0.15) is 36.4 Å². The molecule has 5 heteroatoms. The summed E-state index contributed by atoms with van der Waals surface area (Å²) in [5.41, 5.74) is 2.41. The van der Waals surface area contributed by atoms with Gasteiger partial charge in [-0.25, -0.2) is 0 Å². The molecule has 22 heavy (non-hydrogen) atoms. The smallest absolute Gasteiger partial charge is 0.240 e. The van der Waals surface area contributed by atoms with Crippen LogP contribution < -0.4 is 14.8 Å². The van der Waals surface area contributed by atoms with Crippen LogP contribution in [0.15, 0.2) is 12.1 Å². The lowest BCUT2D eigenvalue weighted by Gasteiger charge is -2.50. The number of piperidine rings is 1. The monoisotopic (exact) mass is 302 g/mol. The Balaban J connectivity index is 1.83. The van der Waals surface area contributed by atoms with Crippen molar-refractivity contribution in [3.8, 4) is 11.5 Å². The van der Waals surface area contributed by atoms with E-state index in [1.165, 1.54) is 11.1 Å². The van der Waals surface area contributed by atoms with E-state index in [9.17, 15) is 4.79 Å². The minimum atomic E-state index is 0.0146. The first-order chi connectivity index (χ1) is 10.7. The van der Waals surface area contributed by atoms with Crippen LogP contribution >= 0.6 is 0 Å². The third-order valence-corrected chi connectivity index (χ3v) is 5.30. The summed E-state index contributed by atoms with van der Waals surface area (Å²) >= 11 is 0. The molecule has 0 saturated carbocycles. The van der Waals surface area contributed by atoms with Crippen LogP contribution in [-0.2, 0) is 11.2 Å². The van der Waals surface area contributed by atoms with Crippen molar-refractivity contribution in [1.29, 1.82) is 0 Å². The van der Waals surface area contributed by atoms with Crippen molar-refractivity contribution < 1.29 is 14.3 Å². The summed E-state index contributed by atoms with van der Waals surface area (Å²) in [5, 5.41) is 3.54. The average Bonchev–Trinajstić information content (AvgIpc) is 2.58. The quantitative estimate of drug-likeness (QED) is 0.902. The number of hydrogen-bond acceptors (Lipinski definition) is 4. The van der Waals surface area contributed by atoms with Crippen molar-refractivity contribution in [2.24, 2.45) is 0 Å². The van der Waals surface area contributed by atoms with E-state index in [4.69, 9.17) is 9.47 Å². The van der Waals surface area contributed by atoms with Gasteiger partial charge in [-0.1, -0.05) is 0 Å². The number of carbonyl (C=O) groups excluding carboxylic acids is 1. The molecule has 3 atom stereocenters. The van der Waals surface area contributed by atoms with Gasteiger partial charge in [0, 0.05) is 24.2 Å². The number of nitrogens with one attached hydrogen (secondary N) is 1. The predicted octanol–water partition coefficient (Wildman–Crippen LogP) is 1.65. The van der Waals surface area contributed by atoms with Gasteiger partial charge in [0.15, 0.2) is 0 Å². The summed E-state index contributed by atoms with van der Waals surface area (Å²) in [4.78, 5) is 14.8. The molecule has 2 bridgehead atoms. The number of rotatable bonds is 2. The molecule has 3 unspecified atom stereocenters. The highest BCUT2D eigenvalue weighted by molar-refractivity contribution is 5.84. The zero-order valence-corrected chi connectivity index (χ0v) is 13.1. The van der Waals surface area contributed by atoms with E-state index >= 15 is 0 Å². The second-order valence-corrected chi connectivity index (χ2v) is 6.39. The SMILES string of the molecule is COc1cc2c(c(OC)c1)C1C3CCCC(N3)C(=O)N1CC2. The molecule has 2 saturated heterocycles. The number of ether oxygens (including phenoxy) is 2. The number of nitrogens with zero attached hydrogens (tertiary/aromatic N) is 1. The predicted molar refractivity (Wildman–Crippen MR) is 82.3 cm³/mol. The van der Waals surface area contributed by atoms with Crippen molar-refractivity contribution in [3.63, 3.8) is 0 Å². The maximum Gasteiger partial charge on any atom is 0.240 e. The number of amides is 1. The van der Waals surface area contributed by atoms with Crippen LogP contribution in [-0.4, -0.2) is 43.7 Å². The average molecular weight is 302 g/mol. The van der Waals surface area contributed by atoms with Crippen LogP contribution in [0.4, 0.5) is 0 Å². The van der Waals surface area contributed by atoms with Crippen molar-refractivity contribution in [1.82, 2.24) is 10.2 Å². The molecule has 1 amide bonds. The largest absolute Gasteiger partial charge is 0.497 e. The van der Waals surface area contributed by atoms with E-state index in [0.717, 1.165) is 43.7 Å². The first-order valence-corrected chi connectivity index (χ1v) is 8.04. The molecular formula is C17H22N2O3. The fourth-order valence-electron chi connectivity index (χ4n) is 4.30. The first kappa shape index (κ1) is 13.9. The summed E-state index contributed by atoms with van der Waals surface area (Å²) in [5.74, 6) is 1.91. The zero-order valence-electron chi connectivity index (χ0n) is 13.1. The fourth-order valence-corrected chi connectivity index (χ4v) is 4.30. The summed E-state index contributed by atoms with van der Waals surface area (Å²) in [7, 11) is 3.36. The molecule has 4 rings (SSSR count). The molecule has 1 aromatic rings. The van der Waals surface area contributed by atoms with Crippen LogP contribution in [0.2, 0.25) is 0 Å². The molecule has 0 aliphatic carbocycles. The maximum atomic E-state index is 12.7. The molecule has 2 fully saturated rings. The lowest BCUT2D eigenvalue weighted by molar-refractivity contribution is -0.143. The van der Waals surface area contributed by atoms with Gasteiger partial charge in [0.1, 0.15) is 11.5 Å². The molecule has 0 aromatic heterocycles. The molecule has 1 N–H and O–H groups in total. The molecular weight excluding hydrogens is 280 g/mol. The van der Waals surface area contributed by atoms with Crippen LogP contribution in [0.5, 0.6) is 11.5 Å². The second kappa shape index (κ2) is 5.16. The number of benzene rings is 1. The van der Waals surface area contributed by atoms with E-state index in [1.807, 2.05) is 6.07 Å². The Morgan fingerprint density at radius 1 is 1.23 bits per heavy atom. The Hall–Kier alpha value is -1.75. The van der Waals surface area contributed by atoms with E-state index in [0.29, 0.717) is 6.04 Å². The van der Waals surface area contributed by atoms with Gasteiger partial charge in [-0.3, -0.25) is 4.79 Å². The Kier molecular flexibility index (Phi) is 3.26. The Morgan fingerprint density at radius 2 is 2.09 bits per heavy atom.